The maximum atomic E-state index is 11.5. The third-order valence-corrected chi connectivity index (χ3v) is 3.44. The zero-order chi connectivity index (χ0) is 13.2. The highest BCUT2D eigenvalue weighted by molar-refractivity contribution is 6.13. The molecule has 0 spiro atoms. The maximum absolute atomic E-state index is 11.5. The summed E-state index contributed by atoms with van der Waals surface area (Å²) in [5, 5.41) is 2.27. The second-order valence-corrected chi connectivity index (χ2v) is 4.72. The Bertz CT molecular complexity index is 674. The second-order valence-electron chi connectivity index (χ2n) is 4.72. The molecule has 96 valence electrons. The number of carbonyl (C=O) groups is 1. The van der Waals surface area contributed by atoms with Crippen molar-refractivity contribution < 1.29 is 9.53 Å². The molecule has 0 atom stereocenters. The largest absolute Gasteiger partial charge is 0.497 e. The van der Waals surface area contributed by atoms with Crippen molar-refractivity contribution in [3.8, 4) is 5.75 Å². The topological polar surface area (TPSA) is 38.7 Å². The van der Waals surface area contributed by atoms with Crippen LogP contribution in [0.4, 0.5) is 0 Å². The minimum absolute atomic E-state index is 0.278. The minimum atomic E-state index is 0.278. The molecule has 1 aliphatic heterocycles. The molecule has 0 aromatic heterocycles. The van der Waals surface area contributed by atoms with Crippen LogP contribution in [0.1, 0.15) is 18.4 Å². The Labute approximate surface area is 111 Å². The lowest BCUT2D eigenvalue weighted by atomic mass is 9.98. The number of carbonyl (C=O) groups excluding carboxylic acids is 1. The summed E-state index contributed by atoms with van der Waals surface area (Å²) < 4.78 is 5.21. The third kappa shape index (κ3) is 2.36. The molecule has 0 radical (unpaired) electrons. The van der Waals surface area contributed by atoms with Gasteiger partial charge in [0, 0.05) is 25.1 Å². The first-order valence-corrected chi connectivity index (χ1v) is 6.39. The molecule has 0 amide bonds. The van der Waals surface area contributed by atoms with Crippen molar-refractivity contribution in [3.05, 3.63) is 42.0 Å². The smallest absolute Gasteiger partial charge is 0.140 e. The van der Waals surface area contributed by atoms with Gasteiger partial charge in [-0.05, 0) is 34.5 Å². The molecule has 1 heterocycles. The summed E-state index contributed by atoms with van der Waals surface area (Å²) >= 11 is 0. The van der Waals surface area contributed by atoms with Gasteiger partial charge in [-0.1, -0.05) is 18.2 Å². The van der Waals surface area contributed by atoms with Crippen LogP contribution in [0.15, 0.2) is 41.4 Å². The van der Waals surface area contributed by atoms with Crippen molar-refractivity contribution in [1.82, 2.24) is 0 Å². The van der Waals surface area contributed by atoms with E-state index in [0.29, 0.717) is 19.4 Å². The molecule has 3 rings (SSSR count). The molecule has 0 unspecified atom stereocenters. The summed E-state index contributed by atoms with van der Waals surface area (Å²) in [4.78, 5) is 16.0. The number of nitrogens with zero attached hydrogens (tertiary/aromatic N) is 1. The molecule has 0 fully saturated rings. The Kier molecular flexibility index (Phi) is 3.03. The molecule has 3 heteroatoms. The Morgan fingerprint density at radius 1 is 1.11 bits per heavy atom. The summed E-state index contributed by atoms with van der Waals surface area (Å²) in [7, 11) is 1.66. The van der Waals surface area contributed by atoms with Crippen LogP contribution in [-0.2, 0) is 4.79 Å². The van der Waals surface area contributed by atoms with Gasteiger partial charge in [0.1, 0.15) is 11.5 Å². The third-order valence-electron chi connectivity index (χ3n) is 3.44. The van der Waals surface area contributed by atoms with Gasteiger partial charge in [-0.2, -0.15) is 0 Å². The predicted molar refractivity (Wildman–Crippen MR) is 76.1 cm³/mol. The Hall–Kier alpha value is -2.16. The fraction of sp³-hybridized carbons (Fsp3) is 0.250. The molecular weight excluding hydrogens is 238 g/mol. The van der Waals surface area contributed by atoms with Crippen LogP contribution < -0.4 is 4.74 Å². The molecule has 0 saturated carbocycles. The van der Waals surface area contributed by atoms with Crippen molar-refractivity contribution in [2.24, 2.45) is 4.99 Å². The monoisotopic (exact) mass is 253 g/mol. The van der Waals surface area contributed by atoms with E-state index in [1.807, 2.05) is 24.3 Å². The van der Waals surface area contributed by atoms with Gasteiger partial charge in [-0.15, -0.1) is 0 Å². The maximum Gasteiger partial charge on any atom is 0.140 e. The van der Waals surface area contributed by atoms with Gasteiger partial charge in [0.15, 0.2) is 0 Å². The van der Waals surface area contributed by atoms with Gasteiger partial charge < -0.3 is 4.74 Å². The van der Waals surface area contributed by atoms with Crippen LogP contribution in [0.3, 0.4) is 0 Å². The van der Waals surface area contributed by atoms with E-state index in [1.54, 1.807) is 7.11 Å². The Balaban J connectivity index is 2.02. The lowest BCUT2D eigenvalue weighted by Crippen LogP contribution is -2.16. The van der Waals surface area contributed by atoms with Crippen LogP contribution in [0.25, 0.3) is 10.8 Å². The first kappa shape index (κ1) is 11.9. The van der Waals surface area contributed by atoms with E-state index in [1.165, 1.54) is 0 Å². The first-order valence-electron chi connectivity index (χ1n) is 6.39. The lowest BCUT2D eigenvalue weighted by Gasteiger charge is -2.12. The average molecular weight is 253 g/mol. The summed E-state index contributed by atoms with van der Waals surface area (Å²) in [6.07, 6.45) is 1.04. The molecular formula is C16H15NO2. The fourth-order valence-corrected chi connectivity index (χ4v) is 2.37. The first-order chi connectivity index (χ1) is 9.26. The van der Waals surface area contributed by atoms with Gasteiger partial charge in [0.2, 0.25) is 0 Å². The lowest BCUT2D eigenvalue weighted by molar-refractivity contribution is -0.117. The van der Waals surface area contributed by atoms with Gasteiger partial charge in [-0.25, -0.2) is 0 Å². The molecule has 2 aromatic rings. The number of benzene rings is 2. The van der Waals surface area contributed by atoms with Crippen molar-refractivity contribution in [2.75, 3.05) is 13.7 Å². The minimum Gasteiger partial charge on any atom is -0.497 e. The van der Waals surface area contributed by atoms with E-state index in [9.17, 15) is 4.79 Å². The number of ketones is 1. The Morgan fingerprint density at radius 3 is 2.68 bits per heavy atom. The molecule has 0 saturated heterocycles. The van der Waals surface area contributed by atoms with E-state index in [4.69, 9.17) is 4.74 Å². The molecule has 0 aliphatic carbocycles. The average Bonchev–Trinajstić information content (AvgIpc) is 2.46. The highest BCUT2D eigenvalue weighted by atomic mass is 16.5. The fourth-order valence-electron chi connectivity index (χ4n) is 2.37. The van der Waals surface area contributed by atoms with E-state index in [-0.39, 0.29) is 5.78 Å². The summed E-state index contributed by atoms with van der Waals surface area (Å²) in [5.41, 5.74) is 1.96. The van der Waals surface area contributed by atoms with Crippen LogP contribution in [-0.4, -0.2) is 25.1 Å². The number of hydrogen-bond donors (Lipinski definition) is 0. The predicted octanol–water partition coefficient (Wildman–Crippen LogP) is 3.00. The number of Topliss-reactive ketones (excluding diaryl/α,β-unsaturated/α-hetero) is 1. The van der Waals surface area contributed by atoms with E-state index >= 15 is 0 Å². The highest BCUT2D eigenvalue weighted by Gasteiger charge is 2.14. The molecule has 19 heavy (non-hydrogen) atoms. The Morgan fingerprint density at radius 2 is 1.89 bits per heavy atom. The molecule has 0 N–H and O–H groups in total. The quantitative estimate of drug-likeness (QED) is 0.825. The SMILES string of the molecule is COc1ccc2cc(C3=NCCC(=O)C3)ccc2c1. The number of rotatable bonds is 2. The molecule has 2 aromatic carbocycles. The van der Waals surface area contributed by atoms with Gasteiger partial charge in [-0.3, -0.25) is 9.79 Å². The van der Waals surface area contributed by atoms with E-state index in [2.05, 4.69) is 17.1 Å². The summed E-state index contributed by atoms with van der Waals surface area (Å²) in [6, 6.07) is 12.1. The van der Waals surface area contributed by atoms with Crippen molar-refractivity contribution in [1.29, 1.82) is 0 Å². The summed E-state index contributed by atoms with van der Waals surface area (Å²) in [6.45, 7) is 0.620. The summed E-state index contributed by atoms with van der Waals surface area (Å²) in [5.74, 6) is 1.13. The van der Waals surface area contributed by atoms with Gasteiger partial charge in [0.05, 0.1) is 7.11 Å². The number of fused-ring (bicyclic) bond motifs is 1. The zero-order valence-corrected chi connectivity index (χ0v) is 10.8. The van der Waals surface area contributed by atoms with Crippen LogP contribution in [0.5, 0.6) is 5.75 Å². The van der Waals surface area contributed by atoms with Gasteiger partial charge >= 0.3 is 0 Å². The van der Waals surface area contributed by atoms with Crippen LogP contribution >= 0.6 is 0 Å². The van der Waals surface area contributed by atoms with Crippen molar-refractivity contribution in [3.63, 3.8) is 0 Å². The number of ether oxygens (including phenoxy) is 1. The van der Waals surface area contributed by atoms with Crippen LogP contribution in [0, 0.1) is 0 Å². The second kappa shape index (κ2) is 4.84. The van der Waals surface area contributed by atoms with Crippen molar-refractivity contribution >= 4 is 22.3 Å². The zero-order valence-electron chi connectivity index (χ0n) is 10.8. The van der Waals surface area contributed by atoms with E-state index in [0.717, 1.165) is 27.8 Å². The van der Waals surface area contributed by atoms with Gasteiger partial charge in [0.25, 0.3) is 0 Å². The molecule has 0 bridgehead atoms. The van der Waals surface area contributed by atoms with Crippen molar-refractivity contribution in [2.45, 2.75) is 12.8 Å². The standard InChI is InChI=1S/C16H15NO2/c1-19-15-5-4-11-8-13(3-2-12(11)9-15)16-10-14(18)6-7-17-16/h2-5,8-9H,6-7,10H2,1H3. The van der Waals surface area contributed by atoms with Crippen LogP contribution in [0.2, 0.25) is 0 Å². The number of aliphatic imine (C=N–C) groups is 1. The number of methoxy groups -OCH3 is 1. The normalized spacial score (nSPS) is 15.4. The molecule has 1 aliphatic rings. The molecule has 3 nitrogen and oxygen atoms in total. The number of hydrogen-bond acceptors (Lipinski definition) is 3. The van der Waals surface area contributed by atoms with E-state index < -0.39 is 0 Å². The highest BCUT2D eigenvalue weighted by Crippen LogP contribution is 2.23.